The molecule has 0 bridgehead atoms. The molecule has 2 aliphatic rings. The highest BCUT2D eigenvalue weighted by Gasteiger charge is 2.57. The van der Waals surface area contributed by atoms with E-state index in [2.05, 4.69) is 20.6 Å². The Morgan fingerprint density at radius 2 is 2.23 bits per heavy atom. The monoisotopic (exact) mass is 313 g/mol. The number of anilines is 3. The van der Waals surface area contributed by atoms with E-state index in [0.717, 1.165) is 34.6 Å². The number of nitrogens with zero attached hydrogens (tertiary/aromatic N) is 2. The number of fused-ring (bicyclic) bond motifs is 2. The van der Waals surface area contributed by atoms with Crippen molar-refractivity contribution in [3.8, 4) is 0 Å². The number of hydrogen-bond donors (Lipinski definition) is 3. The third-order valence-electron chi connectivity index (χ3n) is 4.30. The van der Waals surface area contributed by atoms with Gasteiger partial charge in [-0.05, 0) is 55.5 Å². The molecular weight excluding hydrogens is 298 g/mol. The van der Waals surface area contributed by atoms with Gasteiger partial charge in [-0.2, -0.15) is 4.98 Å². The van der Waals surface area contributed by atoms with Crippen molar-refractivity contribution in [2.75, 3.05) is 10.6 Å². The first-order valence-electron chi connectivity index (χ1n) is 7.06. The van der Waals surface area contributed by atoms with Crippen molar-refractivity contribution < 1.29 is 4.79 Å². The number of amides is 1. The van der Waals surface area contributed by atoms with E-state index in [-0.39, 0.29) is 11.3 Å². The van der Waals surface area contributed by atoms with Crippen LogP contribution in [0.15, 0.2) is 29.3 Å². The van der Waals surface area contributed by atoms with Crippen LogP contribution >= 0.6 is 11.9 Å². The lowest BCUT2D eigenvalue weighted by Crippen LogP contribution is -2.18. The van der Waals surface area contributed by atoms with E-state index in [1.54, 1.807) is 6.20 Å². The Morgan fingerprint density at radius 1 is 1.41 bits per heavy atom. The molecule has 1 aliphatic heterocycles. The molecular formula is C15H15N5OS. The number of nitrogens with one attached hydrogen (secondary N) is 2. The molecule has 0 atom stereocenters. The van der Waals surface area contributed by atoms with Gasteiger partial charge in [0.15, 0.2) is 0 Å². The molecule has 22 heavy (non-hydrogen) atoms. The predicted octanol–water partition coefficient (Wildman–Crippen LogP) is 2.48. The van der Waals surface area contributed by atoms with Crippen LogP contribution in [0.1, 0.15) is 24.0 Å². The molecule has 1 aromatic carbocycles. The number of hydrogen-bond acceptors (Lipinski definition) is 6. The molecule has 1 aliphatic carbocycles. The lowest BCUT2D eigenvalue weighted by molar-refractivity contribution is -0.117. The topological polar surface area (TPSA) is 92.9 Å². The Labute approximate surface area is 132 Å². The first-order valence-corrected chi connectivity index (χ1v) is 7.94. The molecule has 1 saturated carbocycles. The molecule has 0 radical (unpaired) electrons. The predicted molar refractivity (Wildman–Crippen MR) is 86.1 cm³/mol. The van der Waals surface area contributed by atoms with Crippen LogP contribution in [0.4, 0.5) is 17.5 Å². The summed E-state index contributed by atoms with van der Waals surface area (Å²) in [6, 6.07) is 5.89. The molecule has 7 heteroatoms. The van der Waals surface area contributed by atoms with Crippen LogP contribution in [0.5, 0.6) is 0 Å². The molecule has 2 heterocycles. The van der Waals surface area contributed by atoms with Gasteiger partial charge in [0.1, 0.15) is 5.82 Å². The maximum Gasteiger partial charge on any atom is 0.236 e. The lowest BCUT2D eigenvalue weighted by Gasteiger charge is -2.10. The Bertz CT molecular complexity index is 787. The third-order valence-corrected chi connectivity index (χ3v) is 4.83. The SMILES string of the molecule is Cc1cc(SN)ccc1Nc1ncc2c(n1)NC(=O)C21CC1. The molecule has 0 saturated heterocycles. The highest BCUT2D eigenvalue weighted by atomic mass is 32.2. The van der Waals surface area contributed by atoms with E-state index in [4.69, 9.17) is 5.14 Å². The summed E-state index contributed by atoms with van der Waals surface area (Å²) in [5, 5.41) is 11.6. The van der Waals surface area contributed by atoms with Crippen LogP contribution in [-0.4, -0.2) is 15.9 Å². The van der Waals surface area contributed by atoms with Gasteiger partial charge in [-0.1, -0.05) is 0 Å². The Balaban J connectivity index is 1.63. The van der Waals surface area contributed by atoms with E-state index in [1.165, 1.54) is 11.9 Å². The van der Waals surface area contributed by atoms with Crippen LogP contribution < -0.4 is 15.8 Å². The lowest BCUT2D eigenvalue weighted by atomic mass is 10.0. The number of benzene rings is 1. The third kappa shape index (κ3) is 1.97. The molecule has 4 N–H and O–H groups in total. The summed E-state index contributed by atoms with van der Waals surface area (Å²) in [6.45, 7) is 2.00. The molecule has 4 rings (SSSR count). The average molecular weight is 313 g/mol. The summed E-state index contributed by atoms with van der Waals surface area (Å²) in [4.78, 5) is 21.8. The second-order valence-corrected chi connectivity index (χ2v) is 6.42. The quantitative estimate of drug-likeness (QED) is 0.754. The van der Waals surface area contributed by atoms with E-state index >= 15 is 0 Å². The van der Waals surface area contributed by atoms with Crippen molar-refractivity contribution in [1.29, 1.82) is 0 Å². The van der Waals surface area contributed by atoms with Crippen molar-refractivity contribution in [1.82, 2.24) is 9.97 Å². The minimum atomic E-state index is -0.343. The van der Waals surface area contributed by atoms with Crippen molar-refractivity contribution in [3.05, 3.63) is 35.5 Å². The van der Waals surface area contributed by atoms with E-state index in [0.29, 0.717) is 11.8 Å². The van der Waals surface area contributed by atoms with Gasteiger partial charge in [-0.15, -0.1) is 0 Å². The highest BCUT2D eigenvalue weighted by Crippen LogP contribution is 2.54. The summed E-state index contributed by atoms with van der Waals surface area (Å²) in [5.41, 5.74) is 2.56. The summed E-state index contributed by atoms with van der Waals surface area (Å²) < 4.78 is 0. The van der Waals surface area contributed by atoms with Crippen LogP contribution in [0, 0.1) is 6.92 Å². The van der Waals surface area contributed by atoms with Crippen LogP contribution in [0.3, 0.4) is 0 Å². The van der Waals surface area contributed by atoms with Gasteiger partial charge >= 0.3 is 0 Å². The van der Waals surface area contributed by atoms with E-state index in [9.17, 15) is 4.79 Å². The van der Waals surface area contributed by atoms with Crippen molar-refractivity contribution in [2.45, 2.75) is 30.1 Å². The largest absolute Gasteiger partial charge is 0.324 e. The number of aryl methyl sites for hydroxylation is 1. The average Bonchev–Trinajstić information content (AvgIpc) is 3.26. The summed E-state index contributed by atoms with van der Waals surface area (Å²) in [7, 11) is 0. The fourth-order valence-electron chi connectivity index (χ4n) is 2.83. The molecule has 1 amide bonds. The molecule has 112 valence electrons. The van der Waals surface area contributed by atoms with E-state index < -0.39 is 0 Å². The van der Waals surface area contributed by atoms with E-state index in [1.807, 2.05) is 25.1 Å². The van der Waals surface area contributed by atoms with Gasteiger partial charge in [-0.25, -0.2) is 4.98 Å². The van der Waals surface area contributed by atoms with Gasteiger partial charge in [0.25, 0.3) is 0 Å². The first kappa shape index (κ1) is 13.5. The van der Waals surface area contributed by atoms with Gasteiger partial charge in [0.05, 0.1) is 5.41 Å². The van der Waals surface area contributed by atoms with Gasteiger partial charge in [0, 0.05) is 22.3 Å². The van der Waals surface area contributed by atoms with Crippen molar-refractivity contribution >= 4 is 35.3 Å². The normalized spacial score (nSPS) is 17.3. The van der Waals surface area contributed by atoms with Gasteiger partial charge in [0.2, 0.25) is 11.9 Å². The second kappa shape index (κ2) is 4.69. The zero-order valence-electron chi connectivity index (χ0n) is 12.0. The number of carbonyl (C=O) groups is 1. The molecule has 1 fully saturated rings. The van der Waals surface area contributed by atoms with Crippen LogP contribution in [0.25, 0.3) is 0 Å². The molecule has 6 nitrogen and oxygen atoms in total. The molecule has 0 unspecified atom stereocenters. The Hall–Kier alpha value is -2.12. The number of rotatable bonds is 3. The molecule has 1 aromatic heterocycles. The summed E-state index contributed by atoms with van der Waals surface area (Å²) >= 11 is 1.21. The Morgan fingerprint density at radius 3 is 2.91 bits per heavy atom. The number of aromatic nitrogens is 2. The van der Waals surface area contributed by atoms with Crippen LogP contribution in [0.2, 0.25) is 0 Å². The smallest absolute Gasteiger partial charge is 0.236 e. The first-order chi connectivity index (χ1) is 10.6. The minimum absolute atomic E-state index is 0.0504. The number of nitrogens with two attached hydrogens (primary N) is 1. The van der Waals surface area contributed by atoms with Crippen molar-refractivity contribution in [3.63, 3.8) is 0 Å². The Kier molecular flexibility index (Phi) is 2.88. The molecule has 2 aromatic rings. The zero-order valence-corrected chi connectivity index (χ0v) is 12.8. The maximum absolute atomic E-state index is 12.0. The highest BCUT2D eigenvalue weighted by molar-refractivity contribution is 7.97. The standard InChI is InChI=1S/C15H15N5OS/c1-8-6-9(22-16)2-3-11(8)18-14-17-7-10-12(20-14)19-13(21)15(10)4-5-15/h2-3,6-7H,4-5,16H2,1H3,(H2,17,18,19,20,21). The summed E-state index contributed by atoms with van der Waals surface area (Å²) in [5.74, 6) is 1.16. The maximum atomic E-state index is 12.0. The molecule has 1 spiro atoms. The zero-order chi connectivity index (χ0) is 15.3. The number of carbonyl (C=O) groups excluding carboxylic acids is 1. The van der Waals surface area contributed by atoms with Gasteiger partial charge in [-0.3, -0.25) is 9.93 Å². The van der Waals surface area contributed by atoms with Crippen molar-refractivity contribution in [2.24, 2.45) is 5.14 Å². The van der Waals surface area contributed by atoms with Crippen LogP contribution in [-0.2, 0) is 10.2 Å². The second-order valence-electron chi connectivity index (χ2n) is 5.71. The van der Waals surface area contributed by atoms with Gasteiger partial charge < -0.3 is 10.6 Å². The fraction of sp³-hybridized carbons (Fsp3) is 0.267. The minimum Gasteiger partial charge on any atom is -0.324 e. The summed E-state index contributed by atoms with van der Waals surface area (Å²) in [6.07, 6.45) is 3.54. The fourth-order valence-corrected chi connectivity index (χ4v) is 3.22.